The highest BCUT2D eigenvalue weighted by Crippen LogP contribution is 2.23. The van der Waals surface area contributed by atoms with Crippen LogP contribution < -0.4 is 5.56 Å². The van der Waals surface area contributed by atoms with E-state index in [1.165, 1.54) is 21.9 Å². The molecular weight excluding hydrogens is 362 g/mol. The summed E-state index contributed by atoms with van der Waals surface area (Å²) in [5, 5.41) is 2.99. The molecule has 0 aliphatic carbocycles. The normalized spacial score (nSPS) is 16.7. The quantitative estimate of drug-likeness (QED) is 0.718. The molecular formula is C24H27N3O2. The topological polar surface area (TPSA) is 58.1 Å². The number of rotatable bonds is 5. The van der Waals surface area contributed by atoms with Gasteiger partial charge in [-0.05, 0) is 61.8 Å². The molecule has 1 aliphatic rings. The van der Waals surface area contributed by atoms with Gasteiger partial charge >= 0.3 is 0 Å². The second-order valence-corrected chi connectivity index (χ2v) is 7.90. The minimum Gasteiger partial charge on any atom is -0.337 e. The fourth-order valence-electron chi connectivity index (χ4n) is 4.18. The lowest BCUT2D eigenvalue weighted by Gasteiger charge is -2.32. The van der Waals surface area contributed by atoms with Gasteiger partial charge in [0.25, 0.3) is 11.5 Å². The molecule has 3 aromatic rings. The number of carbonyl (C=O) groups excluding carboxylic acids is 1. The second-order valence-electron chi connectivity index (χ2n) is 7.90. The number of carbonyl (C=O) groups is 1. The van der Waals surface area contributed by atoms with Crippen molar-refractivity contribution in [1.82, 2.24) is 14.7 Å². The Morgan fingerprint density at radius 2 is 1.86 bits per heavy atom. The van der Waals surface area contributed by atoms with E-state index in [2.05, 4.69) is 36.3 Å². The first-order chi connectivity index (χ1) is 14.1. The molecule has 1 saturated heterocycles. The van der Waals surface area contributed by atoms with Gasteiger partial charge in [-0.1, -0.05) is 42.5 Å². The standard InChI is InChI=1S/C24H27N3O2/c1-18-8-5-6-10-20(18)14-13-19-9-7-15-26(17-19)24(29)22-16-23(28)27(25-22)21-11-3-2-4-12-21/h2-6,8,10-12,16,19,25H,7,9,13-15,17H2,1H3. The molecule has 1 amide bonds. The van der Waals surface area contributed by atoms with Crippen molar-refractivity contribution in [3.8, 4) is 5.69 Å². The molecule has 5 heteroatoms. The van der Waals surface area contributed by atoms with Crippen molar-refractivity contribution < 1.29 is 4.79 Å². The Labute approximate surface area is 171 Å². The first kappa shape index (κ1) is 19.2. The Hall–Kier alpha value is -3.08. The summed E-state index contributed by atoms with van der Waals surface area (Å²) in [5.41, 5.74) is 3.59. The van der Waals surface area contributed by atoms with Crippen molar-refractivity contribution in [1.29, 1.82) is 0 Å². The molecule has 1 unspecified atom stereocenters. The highest BCUT2D eigenvalue weighted by molar-refractivity contribution is 5.92. The molecule has 2 aromatic carbocycles. The van der Waals surface area contributed by atoms with Crippen LogP contribution in [0.15, 0.2) is 65.5 Å². The van der Waals surface area contributed by atoms with Crippen LogP contribution in [-0.4, -0.2) is 33.7 Å². The smallest absolute Gasteiger partial charge is 0.271 e. The number of nitrogens with zero attached hydrogens (tertiary/aromatic N) is 2. The number of amides is 1. The third kappa shape index (κ3) is 4.34. The second kappa shape index (κ2) is 8.52. The van der Waals surface area contributed by atoms with Crippen LogP contribution in [0, 0.1) is 12.8 Å². The first-order valence-electron chi connectivity index (χ1n) is 10.3. The van der Waals surface area contributed by atoms with Crippen molar-refractivity contribution in [2.24, 2.45) is 5.92 Å². The zero-order chi connectivity index (χ0) is 20.2. The molecule has 5 nitrogen and oxygen atoms in total. The largest absolute Gasteiger partial charge is 0.337 e. The number of piperidine rings is 1. The Morgan fingerprint density at radius 3 is 2.66 bits per heavy atom. The number of aryl methyl sites for hydroxylation is 2. The minimum absolute atomic E-state index is 0.0858. The van der Waals surface area contributed by atoms with Crippen LogP contribution >= 0.6 is 0 Å². The van der Waals surface area contributed by atoms with E-state index in [-0.39, 0.29) is 11.5 Å². The molecule has 29 heavy (non-hydrogen) atoms. The van der Waals surface area contributed by atoms with Crippen molar-refractivity contribution >= 4 is 5.91 Å². The van der Waals surface area contributed by atoms with Gasteiger partial charge in [-0.2, -0.15) is 0 Å². The van der Waals surface area contributed by atoms with Crippen molar-refractivity contribution in [2.75, 3.05) is 13.1 Å². The molecule has 0 saturated carbocycles. The Balaban J connectivity index is 1.43. The maximum Gasteiger partial charge on any atom is 0.271 e. The van der Waals surface area contributed by atoms with Crippen LogP contribution in [0.5, 0.6) is 0 Å². The van der Waals surface area contributed by atoms with Crippen LogP contribution in [0.3, 0.4) is 0 Å². The molecule has 1 aromatic heterocycles. The Morgan fingerprint density at radius 1 is 1.10 bits per heavy atom. The summed E-state index contributed by atoms with van der Waals surface area (Å²) in [4.78, 5) is 27.3. The molecule has 1 aliphatic heterocycles. The molecule has 0 radical (unpaired) electrons. The molecule has 1 fully saturated rings. The van der Waals surface area contributed by atoms with E-state index >= 15 is 0 Å². The van der Waals surface area contributed by atoms with E-state index in [1.54, 1.807) is 0 Å². The SMILES string of the molecule is Cc1ccccc1CCC1CCCN(C(=O)c2cc(=O)n(-c3ccccc3)[nH]2)C1. The average Bonchev–Trinajstić information content (AvgIpc) is 3.15. The number of hydrogen-bond donors (Lipinski definition) is 1. The van der Waals surface area contributed by atoms with Gasteiger partial charge in [0.2, 0.25) is 0 Å². The maximum absolute atomic E-state index is 13.0. The molecule has 1 N–H and O–H groups in total. The van der Waals surface area contributed by atoms with Crippen LogP contribution in [0.4, 0.5) is 0 Å². The number of likely N-dealkylation sites (tertiary alicyclic amines) is 1. The van der Waals surface area contributed by atoms with Gasteiger partial charge < -0.3 is 4.90 Å². The van der Waals surface area contributed by atoms with E-state index in [4.69, 9.17) is 0 Å². The lowest BCUT2D eigenvalue weighted by molar-refractivity contribution is 0.0662. The fraction of sp³-hybridized carbons (Fsp3) is 0.333. The summed E-state index contributed by atoms with van der Waals surface area (Å²) in [6.45, 7) is 3.65. The predicted molar refractivity (Wildman–Crippen MR) is 115 cm³/mol. The van der Waals surface area contributed by atoms with Gasteiger partial charge in [0.1, 0.15) is 5.69 Å². The highest BCUT2D eigenvalue weighted by Gasteiger charge is 2.26. The van der Waals surface area contributed by atoms with Gasteiger partial charge in [-0.15, -0.1) is 0 Å². The average molecular weight is 389 g/mol. The first-order valence-corrected chi connectivity index (χ1v) is 10.3. The summed E-state index contributed by atoms with van der Waals surface area (Å²) in [5.74, 6) is 0.410. The maximum atomic E-state index is 13.0. The number of H-pyrrole nitrogens is 1. The van der Waals surface area contributed by atoms with Gasteiger partial charge in [-0.3, -0.25) is 14.7 Å². The number of para-hydroxylation sites is 1. The third-order valence-electron chi connectivity index (χ3n) is 5.85. The summed E-state index contributed by atoms with van der Waals surface area (Å²) in [7, 11) is 0. The van der Waals surface area contributed by atoms with E-state index in [1.807, 2.05) is 35.2 Å². The third-order valence-corrected chi connectivity index (χ3v) is 5.85. The number of nitrogens with one attached hydrogen (secondary N) is 1. The molecule has 1 atom stereocenters. The van der Waals surface area contributed by atoms with Gasteiger partial charge in [0.15, 0.2) is 0 Å². The van der Waals surface area contributed by atoms with Crippen LogP contribution in [-0.2, 0) is 6.42 Å². The number of hydrogen-bond acceptors (Lipinski definition) is 2. The summed E-state index contributed by atoms with van der Waals surface area (Å²) >= 11 is 0. The molecule has 0 bridgehead atoms. The molecule has 150 valence electrons. The summed E-state index contributed by atoms with van der Waals surface area (Å²) in [6, 6.07) is 19.2. The zero-order valence-electron chi connectivity index (χ0n) is 16.8. The van der Waals surface area contributed by atoms with Gasteiger partial charge in [0.05, 0.1) is 5.69 Å². The monoisotopic (exact) mass is 389 g/mol. The van der Waals surface area contributed by atoms with Crippen LogP contribution in [0.25, 0.3) is 5.69 Å². The van der Waals surface area contributed by atoms with Gasteiger partial charge in [-0.25, -0.2) is 4.68 Å². The van der Waals surface area contributed by atoms with Gasteiger partial charge in [0, 0.05) is 19.2 Å². The van der Waals surface area contributed by atoms with E-state index in [0.717, 1.165) is 44.5 Å². The van der Waals surface area contributed by atoms with E-state index in [9.17, 15) is 9.59 Å². The zero-order valence-corrected chi connectivity index (χ0v) is 16.8. The Bertz CT molecular complexity index is 1040. The number of benzene rings is 2. The summed E-state index contributed by atoms with van der Waals surface area (Å²) < 4.78 is 1.42. The molecule has 4 rings (SSSR count). The lowest BCUT2D eigenvalue weighted by Crippen LogP contribution is -2.40. The molecule has 2 heterocycles. The van der Waals surface area contributed by atoms with Crippen LogP contribution in [0.1, 0.15) is 40.9 Å². The number of aromatic amines is 1. The highest BCUT2D eigenvalue weighted by atomic mass is 16.2. The van der Waals surface area contributed by atoms with E-state index < -0.39 is 0 Å². The lowest BCUT2D eigenvalue weighted by atomic mass is 9.90. The number of aromatic nitrogens is 2. The van der Waals surface area contributed by atoms with Crippen molar-refractivity contribution in [3.05, 3.63) is 87.8 Å². The fourth-order valence-corrected chi connectivity index (χ4v) is 4.18. The molecule has 0 spiro atoms. The summed E-state index contributed by atoms with van der Waals surface area (Å²) in [6.07, 6.45) is 4.28. The minimum atomic E-state index is -0.215. The van der Waals surface area contributed by atoms with E-state index in [0.29, 0.717) is 11.6 Å². The van der Waals surface area contributed by atoms with Crippen molar-refractivity contribution in [2.45, 2.75) is 32.6 Å². The Kier molecular flexibility index (Phi) is 5.65. The van der Waals surface area contributed by atoms with Crippen molar-refractivity contribution in [3.63, 3.8) is 0 Å². The predicted octanol–water partition coefficient (Wildman–Crippen LogP) is 3.96. The van der Waals surface area contributed by atoms with Crippen LogP contribution in [0.2, 0.25) is 0 Å².